The minimum absolute atomic E-state index is 0.131. The molecule has 0 radical (unpaired) electrons. The molecule has 1 aliphatic heterocycles. The number of likely N-dealkylation sites (tertiary alicyclic amines) is 1. The maximum absolute atomic E-state index is 12.0. The average Bonchev–Trinajstić information content (AvgIpc) is 2.80. The highest BCUT2D eigenvalue weighted by molar-refractivity contribution is 5.81. The van der Waals surface area contributed by atoms with E-state index in [2.05, 4.69) is 11.4 Å². The molecule has 90 valence electrons. The van der Waals surface area contributed by atoms with E-state index in [0.29, 0.717) is 6.42 Å². The van der Waals surface area contributed by atoms with Gasteiger partial charge in [-0.15, -0.1) is 0 Å². The zero-order chi connectivity index (χ0) is 12.0. The SMILES string of the molecule is CCC(CC#N)NC(C)C(=O)N1CCCC1. The van der Waals surface area contributed by atoms with Gasteiger partial charge in [-0.2, -0.15) is 5.26 Å². The van der Waals surface area contributed by atoms with Gasteiger partial charge in [0.2, 0.25) is 5.91 Å². The van der Waals surface area contributed by atoms with Gasteiger partial charge in [0.15, 0.2) is 0 Å². The third kappa shape index (κ3) is 3.49. The van der Waals surface area contributed by atoms with E-state index in [1.807, 2.05) is 18.7 Å². The van der Waals surface area contributed by atoms with Crippen molar-refractivity contribution in [1.82, 2.24) is 10.2 Å². The van der Waals surface area contributed by atoms with E-state index in [-0.39, 0.29) is 18.0 Å². The van der Waals surface area contributed by atoms with E-state index < -0.39 is 0 Å². The van der Waals surface area contributed by atoms with Crippen LogP contribution in [0.4, 0.5) is 0 Å². The lowest BCUT2D eigenvalue weighted by Crippen LogP contribution is -2.47. The summed E-state index contributed by atoms with van der Waals surface area (Å²) in [7, 11) is 0. The molecule has 1 amide bonds. The molecule has 0 aromatic carbocycles. The lowest BCUT2D eigenvalue weighted by atomic mass is 10.1. The third-order valence-electron chi connectivity index (χ3n) is 3.10. The van der Waals surface area contributed by atoms with Crippen LogP contribution in [0.2, 0.25) is 0 Å². The Labute approximate surface area is 97.6 Å². The van der Waals surface area contributed by atoms with E-state index in [1.54, 1.807) is 0 Å². The Bertz CT molecular complexity index is 266. The number of hydrogen-bond acceptors (Lipinski definition) is 3. The van der Waals surface area contributed by atoms with Crippen LogP contribution in [0, 0.1) is 11.3 Å². The van der Waals surface area contributed by atoms with Gasteiger partial charge in [-0.1, -0.05) is 6.92 Å². The van der Waals surface area contributed by atoms with E-state index in [1.165, 1.54) is 0 Å². The molecule has 2 unspecified atom stereocenters. The summed E-state index contributed by atoms with van der Waals surface area (Å²) in [5.41, 5.74) is 0. The average molecular weight is 223 g/mol. The number of rotatable bonds is 5. The minimum Gasteiger partial charge on any atom is -0.341 e. The van der Waals surface area contributed by atoms with Crippen molar-refractivity contribution in [2.75, 3.05) is 13.1 Å². The predicted molar refractivity (Wildman–Crippen MR) is 62.7 cm³/mol. The zero-order valence-corrected chi connectivity index (χ0v) is 10.2. The first kappa shape index (κ1) is 13.0. The second-order valence-electron chi connectivity index (χ2n) is 4.39. The van der Waals surface area contributed by atoms with Gasteiger partial charge in [0.1, 0.15) is 0 Å². The molecule has 4 heteroatoms. The molecule has 0 spiro atoms. The Morgan fingerprint density at radius 1 is 1.50 bits per heavy atom. The molecular formula is C12H21N3O. The number of hydrogen-bond donors (Lipinski definition) is 1. The summed E-state index contributed by atoms with van der Waals surface area (Å²) >= 11 is 0. The lowest BCUT2D eigenvalue weighted by Gasteiger charge is -2.24. The molecule has 0 aliphatic carbocycles. The topological polar surface area (TPSA) is 56.1 Å². The molecule has 1 fully saturated rings. The number of nitrogens with one attached hydrogen (secondary N) is 1. The van der Waals surface area contributed by atoms with Crippen molar-refractivity contribution in [2.45, 2.75) is 51.6 Å². The monoisotopic (exact) mass is 223 g/mol. The van der Waals surface area contributed by atoms with Crippen molar-refractivity contribution in [2.24, 2.45) is 0 Å². The molecule has 0 saturated carbocycles. The molecular weight excluding hydrogens is 202 g/mol. The summed E-state index contributed by atoms with van der Waals surface area (Å²) in [5.74, 6) is 0.175. The van der Waals surface area contributed by atoms with Gasteiger partial charge in [-0.3, -0.25) is 4.79 Å². The summed E-state index contributed by atoms with van der Waals surface area (Å²) in [6, 6.07) is 2.11. The molecule has 2 atom stereocenters. The molecule has 1 rings (SSSR count). The van der Waals surface area contributed by atoms with Crippen LogP contribution in [0.15, 0.2) is 0 Å². The fourth-order valence-electron chi connectivity index (χ4n) is 2.07. The van der Waals surface area contributed by atoms with Gasteiger partial charge >= 0.3 is 0 Å². The highest BCUT2D eigenvalue weighted by Crippen LogP contribution is 2.09. The van der Waals surface area contributed by atoms with Crippen LogP contribution < -0.4 is 5.32 Å². The zero-order valence-electron chi connectivity index (χ0n) is 10.2. The molecule has 16 heavy (non-hydrogen) atoms. The normalized spacial score (nSPS) is 19.2. The summed E-state index contributed by atoms with van der Waals surface area (Å²) in [6.45, 7) is 5.70. The largest absolute Gasteiger partial charge is 0.341 e. The fraction of sp³-hybridized carbons (Fsp3) is 0.833. The van der Waals surface area contributed by atoms with E-state index >= 15 is 0 Å². The minimum atomic E-state index is -0.170. The Kier molecular flexibility index (Phi) is 5.27. The van der Waals surface area contributed by atoms with Gasteiger partial charge in [0, 0.05) is 19.1 Å². The standard InChI is InChI=1S/C12H21N3O/c1-3-11(6-7-13)14-10(2)12(16)15-8-4-5-9-15/h10-11,14H,3-6,8-9H2,1-2H3. The first-order valence-corrected chi connectivity index (χ1v) is 6.10. The molecule has 1 saturated heterocycles. The van der Waals surface area contributed by atoms with Crippen LogP contribution in [-0.2, 0) is 4.79 Å². The number of carbonyl (C=O) groups excluding carboxylic acids is 1. The van der Waals surface area contributed by atoms with Gasteiger partial charge in [-0.05, 0) is 26.2 Å². The smallest absolute Gasteiger partial charge is 0.239 e. The number of nitrogens with zero attached hydrogens (tertiary/aromatic N) is 2. The first-order chi connectivity index (χ1) is 7.69. The quantitative estimate of drug-likeness (QED) is 0.764. The molecule has 0 bridgehead atoms. The van der Waals surface area contributed by atoms with E-state index in [9.17, 15) is 4.79 Å². The maximum atomic E-state index is 12.0. The predicted octanol–water partition coefficient (Wildman–Crippen LogP) is 1.28. The number of carbonyl (C=O) groups is 1. The Morgan fingerprint density at radius 3 is 2.62 bits per heavy atom. The van der Waals surface area contributed by atoms with Crippen molar-refractivity contribution < 1.29 is 4.79 Å². The summed E-state index contributed by atoms with van der Waals surface area (Å²) in [4.78, 5) is 13.9. The molecule has 1 aliphatic rings. The van der Waals surface area contributed by atoms with Crippen LogP contribution >= 0.6 is 0 Å². The molecule has 1 N–H and O–H groups in total. The van der Waals surface area contributed by atoms with E-state index in [0.717, 1.165) is 32.4 Å². The highest BCUT2D eigenvalue weighted by Gasteiger charge is 2.24. The first-order valence-electron chi connectivity index (χ1n) is 6.10. The van der Waals surface area contributed by atoms with Crippen molar-refractivity contribution in [3.8, 4) is 6.07 Å². The Hall–Kier alpha value is -1.08. The second kappa shape index (κ2) is 6.49. The van der Waals surface area contributed by atoms with Gasteiger partial charge in [0.25, 0.3) is 0 Å². The van der Waals surface area contributed by atoms with Crippen molar-refractivity contribution in [3.63, 3.8) is 0 Å². The Morgan fingerprint density at radius 2 is 2.12 bits per heavy atom. The summed E-state index contributed by atoms with van der Waals surface area (Å²) in [5, 5.41) is 11.9. The van der Waals surface area contributed by atoms with Crippen LogP contribution in [0.25, 0.3) is 0 Å². The van der Waals surface area contributed by atoms with E-state index in [4.69, 9.17) is 5.26 Å². The lowest BCUT2D eigenvalue weighted by molar-refractivity contribution is -0.132. The number of amides is 1. The van der Waals surface area contributed by atoms with Crippen LogP contribution in [-0.4, -0.2) is 36.0 Å². The second-order valence-corrected chi connectivity index (χ2v) is 4.39. The van der Waals surface area contributed by atoms with Crippen LogP contribution in [0.1, 0.15) is 39.5 Å². The molecule has 4 nitrogen and oxygen atoms in total. The van der Waals surface area contributed by atoms with Crippen molar-refractivity contribution in [1.29, 1.82) is 5.26 Å². The maximum Gasteiger partial charge on any atom is 0.239 e. The van der Waals surface area contributed by atoms with Gasteiger partial charge < -0.3 is 10.2 Å². The fourth-order valence-corrected chi connectivity index (χ4v) is 2.07. The van der Waals surface area contributed by atoms with Crippen molar-refractivity contribution in [3.05, 3.63) is 0 Å². The van der Waals surface area contributed by atoms with Gasteiger partial charge in [-0.25, -0.2) is 0 Å². The van der Waals surface area contributed by atoms with Crippen molar-refractivity contribution >= 4 is 5.91 Å². The third-order valence-corrected chi connectivity index (χ3v) is 3.10. The highest BCUT2D eigenvalue weighted by atomic mass is 16.2. The molecule has 1 heterocycles. The van der Waals surface area contributed by atoms with Crippen LogP contribution in [0.3, 0.4) is 0 Å². The van der Waals surface area contributed by atoms with Gasteiger partial charge in [0.05, 0.1) is 18.5 Å². The summed E-state index contributed by atoms with van der Waals surface area (Å²) in [6.07, 6.45) is 3.58. The number of nitriles is 1. The molecule has 0 aromatic rings. The summed E-state index contributed by atoms with van der Waals surface area (Å²) < 4.78 is 0. The Balaban J connectivity index is 2.40. The van der Waals surface area contributed by atoms with Crippen LogP contribution in [0.5, 0.6) is 0 Å². The molecule has 0 aromatic heterocycles.